The van der Waals surface area contributed by atoms with Gasteiger partial charge in [-0.25, -0.2) is 9.59 Å². The molecule has 0 aliphatic heterocycles. The zero-order valence-corrected chi connectivity index (χ0v) is 47.2. The number of ether oxygens (including phenoxy) is 4. The SMILES string of the molecule is CCCCCCCCCCCCCCCCCCCCCCOc1cc(N=C/C(C(=O)OC)=C(\C)O)c(N=C/C(C(=O)OC)=C(/C)O)cc1OCCCCCCCCCCCCCCCCCCCCCC. The van der Waals surface area contributed by atoms with Gasteiger partial charge in [0.1, 0.15) is 22.7 Å². The maximum atomic E-state index is 12.5. The fourth-order valence-corrected chi connectivity index (χ4v) is 9.13. The number of aliphatic hydroxyl groups excluding tert-OH is 2. The third-order valence-corrected chi connectivity index (χ3v) is 13.8. The molecule has 0 fully saturated rings. The van der Waals surface area contributed by atoms with Gasteiger partial charge in [0, 0.05) is 24.6 Å². The van der Waals surface area contributed by atoms with Crippen LogP contribution in [0.4, 0.5) is 11.4 Å². The van der Waals surface area contributed by atoms with Gasteiger partial charge in [-0.1, -0.05) is 258 Å². The van der Waals surface area contributed by atoms with Crippen molar-refractivity contribution in [2.24, 2.45) is 9.98 Å². The summed E-state index contributed by atoms with van der Waals surface area (Å²) in [6, 6.07) is 3.39. The fourth-order valence-electron chi connectivity index (χ4n) is 9.13. The molecule has 0 amide bonds. The minimum absolute atomic E-state index is 0.125. The monoisotopic (exact) mass is 1010 g/mol. The van der Waals surface area contributed by atoms with Crippen LogP contribution in [0.2, 0.25) is 0 Å². The van der Waals surface area contributed by atoms with Crippen molar-refractivity contribution in [3.63, 3.8) is 0 Å². The van der Waals surface area contributed by atoms with Crippen molar-refractivity contribution in [3.8, 4) is 11.5 Å². The first kappa shape index (κ1) is 66.2. The molecule has 0 heterocycles. The number of methoxy groups -OCH3 is 2. The van der Waals surface area contributed by atoms with Crippen LogP contribution >= 0.6 is 0 Å². The topological polar surface area (TPSA) is 136 Å². The number of carbonyl (C=O) groups is 2. The molecule has 0 aliphatic rings. The number of unbranched alkanes of at least 4 members (excludes halogenated alkanes) is 38. The number of hydrogen-bond donors (Lipinski definition) is 2. The zero-order chi connectivity index (χ0) is 52.5. The number of esters is 2. The average Bonchev–Trinajstić information content (AvgIpc) is 3.37. The summed E-state index contributed by atoms with van der Waals surface area (Å²) in [6.45, 7) is 8.30. The molecule has 1 aromatic rings. The van der Waals surface area contributed by atoms with Crippen LogP contribution in [0.1, 0.15) is 285 Å². The van der Waals surface area contributed by atoms with E-state index in [1.54, 1.807) is 12.1 Å². The highest BCUT2D eigenvalue weighted by Crippen LogP contribution is 2.40. The Balaban J connectivity index is 2.72. The number of allylic oxidation sites excluding steroid dienone is 2. The van der Waals surface area contributed by atoms with Gasteiger partial charge in [0.05, 0.1) is 38.8 Å². The molecule has 10 nitrogen and oxygen atoms in total. The quantitative estimate of drug-likeness (QED) is 0.0216. The average molecular weight is 1010 g/mol. The predicted octanol–water partition coefficient (Wildman–Crippen LogP) is 19.5. The predicted molar refractivity (Wildman–Crippen MR) is 304 cm³/mol. The van der Waals surface area contributed by atoms with Crippen molar-refractivity contribution in [1.29, 1.82) is 0 Å². The van der Waals surface area contributed by atoms with Gasteiger partial charge >= 0.3 is 11.9 Å². The standard InChI is InChI=1S/C62H108N2O8/c1-7-9-11-13-15-17-19-21-23-25-27-29-31-33-35-37-39-41-43-45-47-71-59-49-57(63-51-55(53(3)65)61(67)69-5)58(64-52-56(54(4)66)62(68)70-6)50-60(59)72-48-46-44-42-40-38-36-34-32-30-28-26-24-22-20-18-16-14-12-10-8-2/h49-52,65-66H,7-48H2,1-6H3/b55-53-,56-54+,63-51?,64-52?. The van der Waals surface area contributed by atoms with Gasteiger partial charge < -0.3 is 29.2 Å². The molecular formula is C62H108N2O8. The van der Waals surface area contributed by atoms with Crippen LogP contribution in [0, 0.1) is 0 Å². The molecule has 0 saturated carbocycles. The van der Waals surface area contributed by atoms with E-state index in [-0.39, 0.29) is 22.7 Å². The molecule has 0 aliphatic carbocycles. The van der Waals surface area contributed by atoms with Crippen molar-refractivity contribution in [2.75, 3.05) is 27.4 Å². The first-order valence-corrected chi connectivity index (χ1v) is 29.7. The summed E-state index contributed by atoms with van der Waals surface area (Å²) >= 11 is 0. The largest absolute Gasteiger partial charge is 0.512 e. The maximum Gasteiger partial charge on any atom is 0.342 e. The van der Waals surface area contributed by atoms with Crippen LogP contribution in [-0.4, -0.2) is 62.0 Å². The van der Waals surface area contributed by atoms with Gasteiger partial charge in [0.25, 0.3) is 0 Å². The maximum absolute atomic E-state index is 12.5. The zero-order valence-electron chi connectivity index (χ0n) is 47.2. The summed E-state index contributed by atoms with van der Waals surface area (Å²) in [4.78, 5) is 34.0. The second-order valence-corrected chi connectivity index (χ2v) is 20.4. The van der Waals surface area contributed by atoms with Crippen LogP contribution in [0.5, 0.6) is 11.5 Å². The number of rotatable bonds is 50. The van der Waals surface area contributed by atoms with E-state index < -0.39 is 11.9 Å². The lowest BCUT2D eigenvalue weighted by Gasteiger charge is -2.15. The Bertz CT molecular complexity index is 1490. The molecular weight excluding hydrogens is 901 g/mol. The van der Waals surface area contributed by atoms with Crippen LogP contribution < -0.4 is 9.47 Å². The van der Waals surface area contributed by atoms with Crippen molar-refractivity contribution in [3.05, 3.63) is 34.8 Å². The van der Waals surface area contributed by atoms with E-state index in [2.05, 4.69) is 23.8 Å². The summed E-state index contributed by atoms with van der Waals surface area (Å²) in [6.07, 6.45) is 55.3. The van der Waals surface area contributed by atoms with E-state index in [1.165, 1.54) is 259 Å². The van der Waals surface area contributed by atoms with Crippen molar-refractivity contribution >= 4 is 35.7 Å². The van der Waals surface area contributed by atoms with Gasteiger partial charge in [-0.2, -0.15) is 0 Å². The van der Waals surface area contributed by atoms with Crippen LogP contribution in [0.15, 0.2) is 44.8 Å². The molecule has 0 unspecified atom stereocenters. The highest BCUT2D eigenvalue weighted by atomic mass is 16.5. The van der Waals surface area contributed by atoms with E-state index in [1.807, 2.05) is 0 Å². The minimum atomic E-state index is -0.749. The molecule has 10 heteroatoms. The number of hydrogen-bond acceptors (Lipinski definition) is 10. The molecule has 414 valence electrons. The van der Waals surface area contributed by atoms with E-state index in [4.69, 9.17) is 18.9 Å². The smallest absolute Gasteiger partial charge is 0.342 e. The lowest BCUT2D eigenvalue weighted by atomic mass is 10.0. The number of nitrogens with zero attached hydrogens (tertiary/aromatic N) is 2. The van der Waals surface area contributed by atoms with E-state index in [9.17, 15) is 19.8 Å². The van der Waals surface area contributed by atoms with Crippen LogP contribution in [0.25, 0.3) is 0 Å². The summed E-state index contributed by atoms with van der Waals surface area (Å²) in [7, 11) is 2.46. The van der Waals surface area contributed by atoms with Crippen molar-refractivity contribution in [2.45, 2.75) is 285 Å². The van der Waals surface area contributed by atoms with Crippen molar-refractivity contribution < 1.29 is 38.7 Å². The number of carbonyl (C=O) groups excluding carboxylic acids is 2. The second-order valence-electron chi connectivity index (χ2n) is 20.4. The first-order chi connectivity index (χ1) is 35.2. The lowest BCUT2D eigenvalue weighted by Crippen LogP contribution is -2.08. The molecule has 1 aromatic carbocycles. The Kier molecular flexibility index (Phi) is 44.3. The van der Waals surface area contributed by atoms with Crippen LogP contribution in [0.3, 0.4) is 0 Å². The molecule has 2 N–H and O–H groups in total. The Morgan fingerprint density at radius 1 is 0.389 bits per heavy atom. The Hall–Kier alpha value is -3.82. The van der Waals surface area contributed by atoms with Gasteiger partial charge in [0.15, 0.2) is 11.5 Å². The molecule has 0 spiro atoms. The van der Waals surface area contributed by atoms with E-state index >= 15 is 0 Å². The Morgan fingerprint density at radius 2 is 0.597 bits per heavy atom. The van der Waals surface area contributed by atoms with Gasteiger partial charge in [-0.05, 0) is 26.7 Å². The van der Waals surface area contributed by atoms with Crippen molar-refractivity contribution in [1.82, 2.24) is 0 Å². The number of benzene rings is 1. The normalized spacial score (nSPS) is 12.4. The molecule has 0 bridgehead atoms. The summed E-state index contributed by atoms with van der Waals surface area (Å²) in [5.74, 6) is -1.04. The summed E-state index contributed by atoms with van der Waals surface area (Å²) in [5.41, 5.74) is 0.331. The highest BCUT2D eigenvalue weighted by molar-refractivity contribution is 6.11. The lowest BCUT2D eigenvalue weighted by molar-refractivity contribution is -0.136. The van der Waals surface area contributed by atoms with Crippen LogP contribution in [-0.2, 0) is 19.1 Å². The van der Waals surface area contributed by atoms with Gasteiger partial charge in [-0.15, -0.1) is 0 Å². The van der Waals surface area contributed by atoms with Gasteiger partial charge in [-0.3, -0.25) is 9.98 Å². The van der Waals surface area contributed by atoms with Gasteiger partial charge in [0.2, 0.25) is 0 Å². The molecule has 0 radical (unpaired) electrons. The number of aliphatic hydroxyl groups is 2. The first-order valence-electron chi connectivity index (χ1n) is 29.7. The summed E-state index contributed by atoms with van der Waals surface area (Å²) in [5, 5.41) is 20.5. The molecule has 0 saturated heterocycles. The Labute approximate surface area is 441 Å². The molecule has 72 heavy (non-hydrogen) atoms. The molecule has 1 rings (SSSR count). The third kappa shape index (κ3) is 36.2. The Morgan fingerprint density at radius 3 is 0.792 bits per heavy atom. The third-order valence-electron chi connectivity index (χ3n) is 13.8. The van der Waals surface area contributed by atoms with E-state index in [0.717, 1.165) is 38.5 Å². The molecule has 0 aromatic heterocycles. The summed E-state index contributed by atoms with van der Waals surface area (Å²) < 4.78 is 22.5. The fraction of sp³-hybridized carbons (Fsp3) is 0.774. The number of aliphatic imine (C=N–C) groups is 2. The van der Waals surface area contributed by atoms with E-state index in [0.29, 0.717) is 36.1 Å². The highest BCUT2D eigenvalue weighted by Gasteiger charge is 2.17. The minimum Gasteiger partial charge on any atom is -0.512 e. The molecule has 0 atom stereocenters. The second kappa shape index (κ2) is 48.1.